The topological polar surface area (TPSA) is 3.24 Å². The lowest BCUT2D eigenvalue weighted by molar-refractivity contribution is 0.248. The van der Waals surface area contributed by atoms with Crippen LogP contribution in [0.4, 0.5) is 0 Å². The molecule has 108 valence electrons. The molecular weight excluding hydrogens is 334 g/mol. The fraction of sp³-hybridized carbons (Fsp3) is 0.294. The van der Waals surface area contributed by atoms with Gasteiger partial charge < -0.3 is 0 Å². The number of hydrogen-bond donors (Lipinski definition) is 0. The summed E-state index contributed by atoms with van der Waals surface area (Å²) in [6, 6.07) is 19.8. The number of halogens is 2. The Morgan fingerprint density at radius 3 is 2.15 bits per heavy atom. The van der Waals surface area contributed by atoms with Gasteiger partial charge in [0.05, 0.1) is 0 Å². The van der Waals surface area contributed by atoms with Crippen LogP contribution < -0.4 is 0 Å². The maximum atomic E-state index is 3.47. The normalized spacial score (nSPS) is 12.0. The first kappa shape index (κ1) is 17.2. The van der Waals surface area contributed by atoms with E-state index in [0.29, 0.717) is 6.04 Å². The summed E-state index contributed by atoms with van der Waals surface area (Å²) in [5.74, 6) is 0. The van der Waals surface area contributed by atoms with E-state index in [2.05, 4.69) is 89.4 Å². The standard InChI is InChI=1S/C17H20BrN.ClH/c1-14(12-15-6-4-3-5-7-15)19(2)13-16-8-10-17(18)11-9-16;/h3-11,14H,12-13H2,1-2H3;1H. The fourth-order valence-electron chi connectivity index (χ4n) is 2.14. The number of rotatable bonds is 5. The van der Waals surface area contributed by atoms with Gasteiger partial charge in [-0.3, -0.25) is 4.90 Å². The highest BCUT2D eigenvalue weighted by molar-refractivity contribution is 9.10. The summed E-state index contributed by atoms with van der Waals surface area (Å²) in [6.45, 7) is 3.27. The molecule has 1 nitrogen and oxygen atoms in total. The van der Waals surface area contributed by atoms with Crippen LogP contribution in [0.1, 0.15) is 18.1 Å². The van der Waals surface area contributed by atoms with E-state index in [-0.39, 0.29) is 12.4 Å². The molecule has 2 aromatic rings. The van der Waals surface area contributed by atoms with E-state index >= 15 is 0 Å². The number of benzene rings is 2. The molecule has 1 atom stereocenters. The van der Waals surface area contributed by atoms with E-state index in [1.54, 1.807) is 0 Å². The molecule has 0 aliphatic carbocycles. The fourth-order valence-corrected chi connectivity index (χ4v) is 2.41. The molecule has 2 rings (SSSR count). The summed E-state index contributed by atoms with van der Waals surface area (Å²) in [5, 5.41) is 0. The van der Waals surface area contributed by atoms with Gasteiger partial charge in [-0.05, 0) is 43.7 Å². The van der Waals surface area contributed by atoms with Gasteiger partial charge in [0.25, 0.3) is 0 Å². The van der Waals surface area contributed by atoms with Crippen molar-refractivity contribution in [2.45, 2.75) is 25.9 Å². The van der Waals surface area contributed by atoms with Gasteiger partial charge in [0.15, 0.2) is 0 Å². The lowest BCUT2D eigenvalue weighted by Gasteiger charge is -2.25. The lowest BCUT2D eigenvalue weighted by atomic mass is 10.1. The molecule has 1 unspecified atom stereocenters. The van der Waals surface area contributed by atoms with Gasteiger partial charge in [0.1, 0.15) is 0 Å². The lowest BCUT2D eigenvalue weighted by Crippen LogP contribution is -2.30. The van der Waals surface area contributed by atoms with Crippen LogP contribution in [0.3, 0.4) is 0 Å². The van der Waals surface area contributed by atoms with Gasteiger partial charge >= 0.3 is 0 Å². The van der Waals surface area contributed by atoms with Crippen LogP contribution in [0.25, 0.3) is 0 Å². The molecule has 0 aromatic heterocycles. The number of nitrogens with zero attached hydrogens (tertiary/aromatic N) is 1. The third-order valence-corrected chi connectivity index (χ3v) is 4.00. The first-order chi connectivity index (χ1) is 9.15. The minimum atomic E-state index is 0. The largest absolute Gasteiger partial charge is 0.299 e. The smallest absolute Gasteiger partial charge is 0.0233 e. The Labute approximate surface area is 136 Å². The molecule has 0 saturated carbocycles. The van der Waals surface area contributed by atoms with E-state index in [1.807, 2.05) is 0 Å². The van der Waals surface area contributed by atoms with E-state index in [4.69, 9.17) is 0 Å². The van der Waals surface area contributed by atoms with Crippen molar-refractivity contribution >= 4 is 28.3 Å². The molecule has 0 radical (unpaired) electrons. The van der Waals surface area contributed by atoms with Crippen molar-refractivity contribution in [3.05, 3.63) is 70.2 Å². The minimum absolute atomic E-state index is 0. The van der Waals surface area contributed by atoms with Gasteiger partial charge in [-0.2, -0.15) is 0 Å². The van der Waals surface area contributed by atoms with Crippen molar-refractivity contribution < 1.29 is 0 Å². The Hall–Kier alpha value is -0.830. The average Bonchev–Trinajstić information content (AvgIpc) is 2.42. The molecule has 2 aromatic carbocycles. The second-order valence-electron chi connectivity index (χ2n) is 5.08. The Bertz CT molecular complexity index is 498. The van der Waals surface area contributed by atoms with Crippen molar-refractivity contribution in [3.8, 4) is 0 Å². The summed E-state index contributed by atoms with van der Waals surface area (Å²) in [7, 11) is 2.19. The van der Waals surface area contributed by atoms with Crippen molar-refractivity contribution in [2.75, 3.05) is 7.05 Å². The summed E-state index contributed by atoms with van der Waals surface area (Å²) in [6.07, 6.45) is 1.09. The molecule has 0 bridgehead atoms. The van der Waals surface area contributed by atoms with Crippen molar-refractivity contribution in [1.82, 2.24) is 4.90 Å². The first-order valence-electron chi connectivity index (χ1n) is 6.64. The molecular formula is C17H21BrClN. The maximum Gasteiger partial charge on any atom is 0.0233 e. The predicted octanol–water partition coefficient (Wildman–Crippen LogP) is 4.93. The number of hydrogen-bond acceptors (Lipinski definition) is 1. The molecule has 0 aliphatic rings. The van der Waals surface area contributed by atoms with Crippen LogP contribution in [0.15, 0.2) is 59.1 Å². The van der Waals surface area contributed by atoms with Crippen LogP contribution in [0, 0.1) is 0 Å². The van der Waals surface area contributed by atoms with Gasteiger partial charge in [-0.1, -0.05) is 58.4 Å². The zero-order valence-electron chi connectivity index (χ0n) is 11.9. The second-order valence-corrected chi connectivity index (χ2v) is 6.00. The summed E-state index contributed by atoms with van der Waals surface area (Å²) in [4.78, 5) is 2.40. The van der Waals surface area contributed by atoms with Gasteiger partial charge in [0, 0.05) is 17.1 Å². The maximum absolute atomic E-state index is 3.47. The van der Waals surface area contributed by atoms with Crippen LogP contribution in [0.2, 0.25) is 0 Å². The Morgan fingerprint density at radius 1 is 0.950 bits per heavy atom. The molecule has 0 aliphatic heterocycles. The van der Waals surface area contributed by atoms with Crippen LogP contribution >= 0.6 is 28.3 Å². The van der Waals surface area contributed by atoms with Crippen molar-refractivity contribution in [3.63, 3.8) is 0 Å². The molecule has 0 heterocycles. The van der Waals surface area contributed by atoms with E-state index in [1.165, 1.54) is 11.1 Å². The van der Waals surface area contributed by atoms with Crippen molar-refractivity contribution in [2.24, 2.45) is 0 Å². The minimum Gasteiger partial charge on any atom is -0.299 e. The summed E-state index contributed by atoms with van der Waals surface area (Å²) < 4.78 is 1.14. The molecule has 20 heavy (non-hydrogen) atoms. The molecule has 0 spiro atoms. The van der Waals surface area contributed by atoms with Crippen LogP contribution in [-0.4, -0.2) is 18.0 Å². The highest BCUT2D eigenvalue weighted by Gasteiger charge is 2.10. The second kappa shape index (κ2) is 8.46. The third-order valence-electron chi connectivity index (χ3n) is 3.47. The van der Waals surface area contributed by atoms with Crippen LogP contribution in [0.5, 0.6) is 0 Å². The highest BCUT2D eigenvalue weighted by Crippen LogP contribution is 2.14. The summed E-state index contributed by atoms with van der Waals surface area (Å²) in [5.41, 5.74) is 2.75. The summed E-state index contributed by atoms with van der Waals surface area (Å²) >= 11 is 3.47. The Balaban J connectivity index is 0.00000200. The van der Waals surface area contributed by atoms with E-state index in [9.17, 15) is 0 Å². The molecule has 3 heteroatoms. The molecule has 0 fully saturated rings. The quantitative estimate of drug-likeness (QED) is 0.735. The third kappa shape index (κ3) is 5.28. The monoisotopic (exact) mass is 353 g/mol. The van der Waals surface area contributed by atoms with Gasteiger partial charge in [-0.25, -0.2) is 0 Å². The number of likely N-dealkylation sites (N-methyl/N-ethyl adjacent to an activating group) is 1. The highest BCUT2D eigenvalue weighted by atomic mass is 79.9. The zero-order valence-corrected chi connectivity index (χ0v) is 14.3. The SMILES string of the molecule is CC(Cc1ccccc1)N(C)Cc1ccc(Br)cc1.Cl. The van der Waals surface area contributed by atoms with E-state index in [0.717, 1.165) is 17.4 Å². The molecule has 0 amide bonds. The van der Waals surface area contributed by atoms with Gasteiger partial charge in [-0.15, -0.1) is 12.4 Å². The van der Waals surface area contributed by atoms with Gasteiger partial charge in [0.2, 0.25) is 0 Å². The molecule has 0 saturated heterocycles. The zero-order chi connectivity index (χ0) is 13.7. The average molecular weight is 355 g/mol. The molecule has 0 N–H and O–H groups in total. The Morgan fingerprint density at radius 2 is 1.55 bits per heavy atom. The van der Waals surface area contributed by atoms with Crippen LogP contribution in [-0.2, 0) is 13.0 Å². The van der Waals surface area contributed by atoms with Crippen molar-refractivity contribution in [1.29, 1.82) is 0 Å². The first-order valence-corrected chi connectivity index (χ1v) is 7.43. The predicted molar refractivity (Wildman–Crippen MR) is 92.5 cm³/mol. The Kier molecular flexibility index (Phi) is 7.28. The van der Waals surface area contributed by atoms with E-state index < -0.39 is 0 Å².